The molecule has 1 N–H and O–H groups in total. The molecule has 0 bridgehead atoms. The molecule has 0 atom stereocenters. The molecule has 2 aromatic heterocycles. The first-order valence-corrected chi connectivity index (χ1v) is 7.64. The average Bonchev–Trinajstić information content (AvgIpc) is 3.16. The summed E-state index contributed by atoms with van der Waals surface area (Å²) in [5.74, 6) is 0. The van der Waals surface area contributed by atoms with Gasteiger partial charge in [-0.1, -0.05) is 19.3 Å². The van der Waals surface area contributed by atoms with Crippen LogP contribution in [0.2, 0.25) is 0 Å². The van der Waals surface area contributed by atoms with Crippen molar-refractivity contribution in [2.75, 3.05) is 6.54 Å². The smallest absolute Gasteiger partial charge is 0.0762 e. The van der Waals surface area contributed by atoms with Gasteiger partial charge in [-0.05, 0) is 25.0 Å². The van der Waals surface area contributed by atoms with Gasteiger partial charge in [-0.2, -0.15) is 10.2 Å². The van der Waals surface area contributed by atoms with E-state index in [9.17, 15) is 0 Å². The molecule has 3 rings (SSSR count). The van der Waals surface area contributed by atoms with Crippen molar-refractivity contribution in [3.8, 4) is 0 Å². The summed E-state index contributed by atoms with van der Waals surface area (Å²) in [6.45, 7) is 2.65. The van der Waals surface area contributed by atoms with E-state index in [2.05, 4.69) is 27.4 Å². The fraction of sp³-hybridized carbons (Fsp3) is 0.600. The molecule has 0 unspecified atom stereocenters. The SMILES string of the molecule is c1cnn(CCNCc2ccn(C3CCCCC3)n2)c1. The van der Waals surface area contributed by atoms with Gasteiger partial charge in [-0.25, -0.2) is 0 Å². The second-order valence-electron chi connectivity index (χ2n) is 5.52. The van der Waals surface area contributed by atoms with Gasteiger partial charge in [0.05, 0.1) is 18.3 Å². The van der Waals surface area contributed by atoms with Crippen LogP contribution in [0.5, 0.6) is 0 Å². The molecule has 1 saturated carbocycles. The lowest BCUT2D eigenvalue weighted by Gasteiger charge is -2.21. The first kappa shape index (κ1) is 13.4. The van der Waals surface area contributed by atoms with Crippen LogP contribution in [0.4, 0.5) is 0 Å². The highest BCUT2D eigenvalue weighted by Crippen LogP contribution is 2.27. The Balaban J connectivity index is 1.42. The Bertz CT molecular complexity index is 496. The average molecular weight is 273 g/mol. The molecule has 108 valence electrons. The van der Waals surface area contributed by atoms with Crippen LogP contribution in [-0.4, -0.2) is 26.1 Å². The van der Waals surface area contributed by atoms with E-state index in [1.165, 1.54) is 32.1 Å². The minimum absolute atomic E-state index is 0.626. The first-order valence-electron chi connectivity index (χ1n) is 7.64. The Kier molecular flexibility index (Phi) is 4.48. The lowest BCUT2D eigenvalue weighted by atomic mass is 9.96. The molecule has 2 heterocycles. The van der Waals surface area contributed by atoms with E-state index in [1.54, 1.807) is 0 Å². The lowest BCUT2D eigenvalue weighted by Crippen LogP contribution is -2.20. The van der Waals surface area contributed by atoms with Gasteiger partial charge in [0, 0.05) is 31.7 Å². The van der Waals surface area contributed by atoms with Crippen molar-refractivity contribution >= 4 is 0 Å². The standard InChI is InChI=1S/C15H23N5/c1-2-5-15(6-3-1)20-11-7-14(18-20)13-16-9-12-19-10-4-8-17-19/h4,7-8,10-11,15-16H,1-3,5-6,9,12-13H2. The number of nitrogens with zero attached hydrogens (tertiary/aromatic N) is 4. The molecular formula is C15H23N5. The Morgan fingerprint density at radius 2 is 2.10 bits per heavy atom. The normalized spacial score (nSPS) is 16.6. The summed E-state index contributed by atoms with van der Waals surface area (Å²) in [6.07, 6.45) is 12.6. The second kappa shape index (κ2) is 6.70. The van der Waals surface area contributed by atoms with Gasteiger partial charge < -0.3 is 5.32 Å². The number of rotatable bonds is 6. The summed E-state index contributed by atoms with van der Waals surface area (Å²) in [5, 5.41) is 12.3. The molecule has 2 aromatic rings. The largest absolute Gasteiger partial charge is 0.309 e. The van der Waals surface area contributed by atoms with Crippen molar-refractivity contribution in [2.24, 2.45) is 0 Å². The Morgan fingerprint density at radius 3 is 2.90 bits per heavy atom. The van der Waals surface area contributed by atoms with Crippen molar-refractivity contribution in [3.05, 3.63) is 36.4 Å². The highest BCUT2D eigenvalue weighted by atomic mass is 15.3. The molecule has 5 nitrogen and oxygen atoms in total. The van der Waals surface area contributed by atoms with Crippen LogP contribution in [-0.2, 0) is 13.1 Å². The maximum atomic E-state index is 4.70. The highest BCUT2D eigenvalue weighted by molar-refractivity contribution is 4.99. The fourth-order valence-electron chi connectivity index (χ4n) is 2.86. The summed E-state index contributed by atoms with van der Waals surface area (Å²) in [7, 11) is 0. The van der Waals surface area contributed by atoms with Gasteiger partial charge in [0.25, 0.3) is 0 Å². The van der Waals surface area contributed by atoms with E-state index in [-0.39, 0.29) is 0 Å². The van der Waals surface area contributed by atoms with Crippen molar-refractivity contribution in [2.45, 2.75) is 51.2 Å². The van der Waals surface area contributed by atoms with Crippen LogP contribution in [0.25, 0.3) is 0 Å². The van der Waals surface area contributed by atoms with Crippen molar-refractivity contribution in [3.63, 3.8) is 0 Å². The molecule has 0 radical (unpaired) electrons. The van der Waals surface area contributed by atoms with Crippen molar-refractivity contribution < 1.29 is 0 Å². The zero-order valence-corrected chi connectivity index (χ0v) is 11.9. The van der Waals surface area contributed by atoms with Crippen LogP contribution in [0.3, 0.4) is 0 Å². The Hall–Kier alpha value is -1.62. The quantitative estimate of drug-likeness (QED) is 0.822. The van der Waals surface area contributed by atoms with Crippen molar-refractivity contribution in [1.29, 1.82) is 0 Å². The first-order chi connectivity index (χ1) is 9.92. The number of nitrogens with one attached hydrogen (secondary N) is 1. The Morgan fingerprint density at radius 1 is 1.20 bits per heavy atom. The maximum Gasteiger partial charge on any atom is 0.0762 e. The molecule has 0 aromatic carbocycles. The summed E-state index contributed by atoms with van der Waals surface area (Å²) >= 11 is 0. The third kappa shape index (κ3) is 3.48. The summed E-state index contributed by atoms with van der Waals surface area (Å²) in [6, 6.07) is 4.71. The zero-order valence-electron chi connectivity index (χ0n) is 11.9. The highest BCUT2D eigenvalue weighted by Gasteiger charge is 2.15. The van der Waals surface area contributed by atoms with E-state index in [1.807, 2.05) is 23.1 Å². The van der Waals surface area contributed by atoms with Crippen LogP contribution in [0.15, 0.2) is 30.7 Å². The number of hydrogen-bond acceptors (Lipinski definition) is 3. The Labute approximate surface area is 120 Å². The summed E-state index contributed by atoms with van der Waals surface area (Å²) < 4.78 is 4.11. The molecule has 0 saturated heterocycles. The third-order valence-corrected chi connectivity index (χ3v) is 4.00. The molecule has 0 spiro atoms. The minimum Gasteiger partial charge on any atom is -0.309 e. The molecule has 1 fully saturated rings. The number of aromatic nitrogens is 4. The molecule has 20 heavy (non-hydrogen) atoms. The van der Waals surface area contributed by atoms with E-state index >= 15 is 0 Å². The molecule has 5 heteroatoms. The van der Waals surface area contributed by atoms with E-state index in [0.29, 0.717) is 6.04 Å². The van der Waals surface area contributed by atoms with Gasteiger partial charge in [0.15, 0.2) is 0 Å². The molecular weight excluding hydrogens is 250 g/mol. The second-order valence-corrected chi connectivity index (χ2v) is 5.52. The van der Waals surface area contributed by atoms with Gasteiger partial charge in [-0.15, -0.1) is 0 Å². The van der Waals surface area contributed by atoms with Gasteiger partial charge >= 0.3 is 0 Å². The minimum atomic E-state index is 0.626. The van der Waals surface area contributed by atoms with E-state index in [0.717, 1.165) is 25.3 Å². The monoisotopic (exact) mass is 273 g/mol. The summed E-state index contributed by atoms with van der Waals surface area (Å²) in [4.78, 5) is 0. The van der Waals surface area contributed by atoms with Crippen LogP contribution >= 0.6 is 0 Å². The van der Waals surface area contributed by atoms with Crippen LogP contribution in [0, 0.1) is 0 Å². The van der Waals surface area contributed by atoms with Gasteiger partial charge in [0.2, 0.25) is 0 Å². The predicted octanol–water partition coefficient (Wildman–Crippen LogP) is 2.37. The van der Waals surface area contributed by atoms with Gasteiger partial charge in [0.1, 0.15) is 0 Å². The summed E-state index contributed by atoms with van der Waals surface area (Å²) in [5.41, 5.74) is 1.14. The zero-order chi connectivity index (χ0) is 13.6. The van der Waals surface area contributed by atoms with E-state index in [4.69, 9.17) is 5.10 Å². The maximum absolute atomic E-state index is 4.70. The molecule has 0 amide bonds. The molecule has 0 aliphatic heterocycles. The molecule has 1 aliphatic carbocycles. The van der Waals surface area contributed by atoms with Crippen LogP contribution in [0.1, 0.15) is 43.8 Å². The predicted molar refractivity (Wildman–Crippen MR) is 78.3 cm³/mol. The third-order valence-electron chi connectivity index (χ3n) is 4.00. The fourth-order valence-corrected chi connectivity index (χ4v) is 2.86. The number of hydrogen-bond donors (Lipinski definition) is 1. The topological polar surface area (TPSA) is 47.7 Å². The van der Waals surface area contributed by atoms with Gasteiger partial charge in [-0.3, -0.25) is 9.36 Å². The molecule has 1 aliphatic rings. The van der Waals surface area contributed by atoms with E-state index < -0.39 is 0 Å². The van der Waals surface area contributed by atoms with Crippen LogP contribution < -0.4 is 5.32 Å². The lowest BCUT2D eigenvalue weighted by molar-refractivity contribution is 0.327. The van der Waals surface area contributed by atoms with Crippen molar-refractivity contribution in [1.82, 2.24) is 24.9 Å².